The quantitative estimate of drug-likeness (QED) is 0.785. The molecule has 0 saturated carbocycles. The Morgan fingerprint density at radius 3 is 2.20 bits per heavy atom. The van der Waals surface area contributed by atoms with Gasteiger partial charge in [0.25, 0.3) is 5.91 Å². The number of amides is 1. The number of carbonyl (C=O) groups is 1. The molecule has 0 aliphatic rings. The van der Waals surface area contributed by atoms with E-state index in [2.05, 4.69) is 38.2 Å². The molecule has 0 aliphatic heterocycles. The van der Waals surface area contributed by atoms with Crippen molar-refractivity contribution in [2.75, 3.05) is 6.61 Å². The lowest BCUT2D eigenvalue weighted by Crippen LogP contribution is -2.38. The van der Waals surface area contributed by atoms with Crippen LogP contribution in [0.4, 0.5) is 4.39 Å². The van der Waals surface area contributed by atoms with Crippen molar-refractivity contribution in [2.45, 2.75) is 26.2 Å². The summed E-state index contributed by atoms with van der Waals surface area (Å²) in [7, 11) is 0. The SMILES string of the molecule is C=C(NNC(=O)COc1ccc(C(C)(C)C)cc1)c1ccc(F)cc1. The molecule has 132 valence electrons. The number of ether oxygens (including phenoxy) is 1. The molecule has 0 spiro atoms. The van der Waals surface area contributed by atoms with Gasteiger partial charge in [-0.25, -0.2) is 4.39 Å². The summed E-state index contributed by atoms with van der Waals surface area (Å²) < 4.78 is 18.3. The molecule has 0 unspecified atom stereocenters. The van der Waals surface area contributed by atoms with Crippen molar-refractivity contribution in [2.24, 2.45) is 0 Å². The van der Waals surface area contributed by atoms with Crippen molar-refractivity contribution in [1.82, 2.24) is 10.9 Å². The summed E-state index contributed by atoms with van der Waals surface area (Å²) >= 11 is 0. The van der Waals surface area contributed by atoms with Gasteiger partial charge in [-0.2, -0.15) is 0 Å². The minimum absolute atomic E-state index is 0.0700. The molecule has 0 radical (unpaired) electrons. The fourth-order valence-electron chi connectivity index (χ4n) is 2.10. The first-order chi connectivity index (χ1) is 11.8. The molecule has 2 aromatic rings. The third-order valence-corrected chi connectivity index (χ3v) is 3.64. The van der Waals surface area contributed by atoms with Crippen LogP contribution >= 0.6 is 0 Å². The Kier molecular flexibility index (Phi) is 5.80. The molecule has 0 saturated heterocycles. The van der Waals surface area contributed by atoms with Crippen LogP contribution in [0.15, 0.2) is 55.1 Å². The van der Waals surface area contributed by atoms with E-state index >= 15 is 0 Å². The van der Waals surface area contributed by atoms with Gasteiger partial charge in [0.1, 0.15) is 11.6 Å². The number of halogens is 1. The Balaban J connectivity index is 1.79. The highest BCUT2D eigenvalue weighted by molar-refractivity contribution is 5.78. The monoisotopic (exact) mass is 342 g/mol. The molecule has 5 heteroatoms. The van der Waals surface area contributed by atoms with E-state index in [9.17, 15) is 9.18 Å². The van der Waals surface area contributed by atoms with E-state index in [1.54, 1.807) is 12.1 Å². The second-order valence-corrected chi connectivity index (χ2v) is 6.72. The Morgan fingerprint density at radius 2 is 1.64 bits per heavy atom. The van der Waals surface area contributed by atoms with Crippen LogP contribution < -0.4 is 15.6 Å². The average molecular weight is 342 g/mol. The van der Waals surface area contributed by atoms with Crippen LogP contribution in [0.5, 0.6) is 5.75 Å². The second-order valence-electron chi connectivity index (χ2n) is 6.72. The first kappa shape index (κ1) is 18.5. The molecule has 0 aliphatic carbocycles. The molecule has 2 N–H and O–H groups in total. The normalized spacial score (nSPS) is 10.9. The Morgan fingerprint density at radius 1 is 1.04 bits per heavy atom. The van der Waals surface area contributed by atoms with E-state index in [4.69, 9.17) is 4.74 Å². The van der Waals surface area contributed by atoms with E-state index in [0.717, 1.165) is 0 Å². The molecule has 0 atom stereocenters. The van der Waals surface area contributed by atoms with Crippen molar-refractivity contribution in [1.29, 1.82) is 0 Å². The summed E-state index contributed by atoms with van der Waals surface area (Å²) in [6.45, 7) is 10.1. The van der Waals surface area contributed by atoms with Crippen LogP contribution in [0.25, 0.3) is 5.70 Å². The van der Waals surface area contributed by atoms with E-state index in [1.807, 2.05) is 24.3 Å². The molecule has 1 amide bonds. The molecule has 4 nitrogen and oxygen atoms in total. The van der Waals surface area contributed by atoms with Gasteiger partial charge in [0, 0.05) is 0 Å². The molecule has 0 heterocycles. The predicted octanol–water partition coefficient (Wildman–Crippen LogP) is 3.79. The maximum Gasteiger partial charge on any atom is 0.276 e. The fourth-order valence-corrected chi connectivity index (χ4v) is 2.10. The van der Waals surface area contributed by atoms with Crippen molar-refractivity contribution >= 4 is 11.6 Å². The number of hydrogen-bond donors (Lipinski definition) is 2. The van der Waals surface area contributed by atoms with Gasteiger partial charge in [0.15, 0.2) is 6.61 Å². The van der Waals surface area contributed by atoms with Gasteiger partial charge >= 0.3 is 0 Å². The van der Waals surface area contributed by atoms with Gasteiger partial charge < -0.3 is 4.74 Å². The largest absolute Gasteiger partial charge is 0.484 e. The lowest BCUT2D eigenvalue weighted by Gasteiger charge is -2.19. The minimum Gasteiger partial charge on any atom is -0.484 e. The van der Waals surface area contributed by atoms with E-state index < -0.39 is 0 Å². The van der Waals surface area contributed by atoms with Crippen molar-refractivity contribution < 1.29 is 13.9 Å². The predicted molar refractivity (Wildman–Crippen MR) is 97.3 cm³/mol. The molecule has 2 rings (SSSR count). The van der Waals surface area contributed by atoms with Crippen LogP contribution in [0, 0.1) is 5.82 Å². The number of benzene rings is 2. The smallest absolute Gasteiger partial charge is 0.276 e. The summed E-state index contributed by atoms with van der Waals surface area (Å²) in [5, 5.41) is 0. The van der Waals surface area contributed by atoms with Crippen molar-refractivity contribution in [3.8, 4) is 5.75 Å². The van der Waals surface area contributed by atoms with Crippen molar-refractivity contribution in [3.05, 3.63) is 72.1 Å². The standard InChI is InChI=1S/C20H23FN2O2/c1-14(15-5-9-17(21)10-6-15)22-23-19(24)13-25-18-11-7-16(8-12-18)20(2,3)4/h5-12,22H,1,13H2,2-4H3,(H,23,24). The average Bonchev–Trinajstić information content (AvgIpc) is 2.58. The third-order valence-electron chi connectivity index (χ3n) is 3.64. The number of rotatable bonds is 6. The summed E-state index contributed by atoms with van der Waals surface area (Å²) in [4.78, 5) is 11.8. The maximum atomic E-state index is 12.9. The lowest BCUT2D eigenvalue weighted by molar-refractivity contribution is -0.123. The maximum absolute atomic E-state index is 12.9. The first-order valence-corrected chi connectivity index (χ1v) is 7.99. The lowest BCUT2D eigenvalue weighted by atomic mass is 9.87. The second kappa shape index (κ2) is 7.83. The van der Waals surface area contributed by atoms with E-state index in [0.29, 0.717) is 17.0 Å². The highest BCUT2D eigenvalue weighted by Gasteiger charge is 2.13. The van der Waals surface area contributed by atoms with Crippen molar-refractivity contribution in [3.63, 3.8) is 0 Å². The number of hydrogen-bond acceptors (Lipinski definition) is 3. The Bertz CT molecular complexity index is 732. The summed E-state index contributed by atoms with van der Waals surface area (Å²) in [5.74, 6) is -0.0462. The zero-order valence-electron chi connectivity index (χ0n) is 14.7. The first-order valence-electron chi connectivity index (χ1n) is 7.99. The van der Waals surface area contributed by atoms with Gasteiger partial charge in [-0.3, -0.25) is 15.6 Å². The van der Waals surface area contributed by atoms with Crippen LogP contribution in [0.3, 0.4) is 0 Å². The van der Waals surface area contributed by atoms with Gasteiger partial charge in [0.05, 0.1) is 5.70 Å². The van der Waals surface area contributed by atoms with Crippen LogP contribution in [-0.2, 0) is 10.2 Å². The minimum atomic E-state index is -0.344. The molecule has 25 heavy (non-hydrogen) atoms. The summed E-state index contributed by atoms with van der Waals surface area (Å²) in [5.41, 5.74) is 7.59. The van der Waals surface area contributed by atoms with Crippen LogP contribution in [0.1, 0.15) is 31.9 Å². The molecular weight excluding hydrogens is 319 g/mol. The topological polar surface area (TPSA) is 50.4 Å². The fraction of sp³-hybridized carbons (Fsp3) is 0.250. The zero-order valence-corrected chi connectivity index (χ0v) is 14.7. The zero-order chi connectivity index (χ0) is 18.4. The molecule has 0 fully saturated rings. The highest BCUT2D eigenvalue weighted by Crippen LogP contribution is 2.24. The number of carbonyl (C=O) groups excluding carboxylic acids is 1. The molecule has 2 aromatic carbocycles. The molecule has 0 bridgehead atoms. The summed E-state index contributed by atoms with van der Waals surface area (Å²) in [6.07, 6.45) is 0. The summed E-state index contributed by atoms with van der Waals surface area (Å²) in [6, 6.07) is 13.5. The van der Waals surface area contributed by atoms with Gasteiger partial charge in [0.2, 0.25) is 0 Å². The van der Waals surface area contributed by atoms with Gasteiger partial charge in [-0.1, -0.05) is 39.5 Å². The van der Waals surface area contributed by atoms with Gasteiger partial charge in [-0.05, 0) is 52.9 Å². The number of hydrazine groups is 1. The Hall–Kier alpha value is -2.82. The van der Waals surface area contributed by atoms with Crippen LogP contribution in [-0.4, -0.2) is 12.5 Å². The van der Waals surface area contributed by atoms with E-state index in [1.165, 1.54) is 17.7 Å². The molecular formula is C20H23FN2O2. The van der Waals surface area contributed by atoms with Gasteiger partial charge in [-0.15, -0.1) is 0 Å². The van der Waals surface area contributed by atoms with E-state index in [-0.39, 0.29) is 23.7 Å². The highest BCUT2D eigenvalue weighted by atomic mass is 19.1. The molecule has 0 aromatic heterocycles. The Labute approximate surface area is 147 Å². The number of nitrogens with one attached hydrogen (secondary N) is 2. The third kappa shape index (κ3) is 5.64. The van der Waals surface area contributed by atoms with Crippen LogP contribution in [0.2, 0.25) is 0 Å².